The number of halogens is 5. The van der Waals surface area contributed by atoms with Crippen LogP contribution >= 0.6 is 0 Å². The lowest BCUT2D eigenvalue weighted by Crippen LogP contribution is -2.22. The highest BCUT2D eigenvalue weighted by molar-refractivity contribution is 5.89. The molecule has 1 N–H and O–H groups in total. The Balaban J connectivity index is 1.95. The first-order chi connectivity index (χ1) is 11.6. The van der Waals surface area contributed by atoms with Crippen LogP contribution in [0.5, 0.6) is 0 Å². The van der Waals surface area contributed by atoms with Crippen LogP contribution in [-0.2, 0) is 16.8 Å². The van der Waals surface area contributed by atoms with Crippen molar-refractivity contribution < 1.29 is 31.5 Å². The average molecular weight is 357 g/mol. The second-order valence-corrected chi connectivity index (χ2v) is 5.57. The number of fused-ring (bicyclic) bond motifs is 1. The van der Waals surface area contributed by atoms with Gasteiger partial charge in [-0.25, -0.2) is 4.79 Å². The van der Waals surface area contributed by atoms with Crippen LogP contribution in [0.3, 0.4) is 0 Å². The quantitative estimate of drug-likeness (QED) is 0.623. The van der Waals surface area contributed by atoms with Crippen LogP contribution in [0.2, 0.25) is 0 Å². The molecular formula is C17H12F5NO2. The number of anilines is 1. The molecule has 1 heterocycles. The van der Waals surface area contributed by atoms with Gasteiger partial charge in [0.05, 0.1) is 18.2 Å². The molecule has 0 bridgehead atoms. The topological polar surface area (TPSA) is 38.3 Å². The van der Waals surface area contributed by atoms with Crippen LogP contribution < -0.4 is 5.32 Å². The number of ether oxygens (including phenoxy) is 1. The van der Waals surface area contributed by atoms with Crippen molar-refractivity contribution >= 4 is 11.7 Å². The van der Waals surface area contributed by atoms with E-state index in [0.717, 1.165) is 6.07 Å². The van der Waals surface area contributed by atoms with Crippen LogP contribution in [0.15, 0.2) is 42.5 Å². The number of hydrogen-bond acceptors (Lipinski definition) is 3. The minimum Gasteiger partial charge on any atom is -0.465 e. The largest absolute Gasteiger partial charge is 0.465 e. The van der Waals surface area contributed by atoms with Gasteiger partial charge in [-0.1, -0.05) is 18.2 Å². The Morgan fingerprint density at radius 3 is 2.32 bits per heavy atom. The van der Waals surface area contributed by atoms with Gasteiger partial charge in [0, 0.05) is 11.3 Å². The van der Waals surface area contributed by atoms with Gasteiger partial charge in [-0.05, 0) is 29.8 Å². The molecule has 1 aliphatic rings. The number of methoxy groups -OCH3 is 1. The maximum absolute atomic E-state index is 14.6. The summed E-state index contributed by atoms with van der Waals surface area (Å²) in [6.45, 7) is 0. The molecule has 0 radical (unpaired) electrons. The predicted molar refractivity (Wildman–Crippen MR) is 79.5 cm³/mol. The molecule has 0 aliphatic carbocycles. The molecule has 25 heavy (non-hydrogen) atoms. The Bertz CT molecular complexity index is 815. The fraction of sp³-hybridized carbons (Fsp3) is 0.235. The molecule has 3 rings (SSSR count). The van der Waals surface area contributed by atoms with Gasteiger partial charge in [-0.3, -0.25) is 0 Å². The molecule has 0 saturated carbocycles. The van der Waals surface area contributed by atoms with Crippen LogP contribution in [0.4, 0.5) is 27.6 Å². The summed E-state index contributed by atoms with van der Waals surface area (Å²) in [7, 11) is 1.19. The van der Waals surface area contributed by atoms with Gasteiger partial charge >= 0.3 is 12.1 Å². The fourth-order valence-electron chi connectivity index (χ4n) is 2.75. The first kappa shape index (κ1) is 17.2. The number of nitrogens with one attached hydrogen (secondary N) is 1. The van der Waals surface area contributed by atoms with Crippen LogP contribution in [0, 0.1) is 0 Å². The monoisotopic (exact) mass is 357 g/mol. The van der Waals surface area contributed by atoms with E-state index in [4.69, 9.17) is 0 Å². The van der Waals surface area contributed by atoms with Crippen molar-refractivity contribution in [1.82, 2.24) is 0 Å². The van der Waals surface area contributed by atoms with E-state index in [9.17, 15) is 26.7 Å². The van der Waals surface area contributed by atoms with Crippen molar-refractivity contribution in [2.75, 3.05) is 12.4 Å². The Labute approximate surface area is 139 Å². The van der Waals surface area contributed by atoms with E-state index >= 15 is 0 Å². The van der Waals surface area contributed by atoms with E-state index in [0.29, 0.717) is 12.1 Å². The zero-order valence-corrected chi connectivity index (χ0v) is 12.8. The standard InChI is InChI=1S/C17H12F5NO2/c1-25-15(24)10-4-2-9(3-5-10)14-16(18,19)12-7-6-11(17(20,21)22)8-13(12)23-14/h2-8,14,23H,1H3. The first-order valence-corrected chi connectivity index (χ1v) is 7.19. The van der Waals surface area contributed by atoms with Crippen LogP contribution in [0.1, 0.15) is 33.1 Å². The molecule has 0 aromatic heterocycles. The maximum atomic E-state index is 14.6. The third-order valence-electron chi connectivity index (χ3n) is 4.03. The highest BCUT2D eigenvalue weighted by Crippen LogP contribution is 2.52. The smallest absolute Gasteiger partial charge is 0.416 e. The number of alkyl halides is 5. The molecule has 1 atom stereocenters. The lowest BCUT2D eigenvalue weighted by Gasteiger charge is -2.20. The van der Waals surface area contributed by atoms with E-state index in [1.807, 2.05) is 0 Å². The lowest BCUT2D eigenvalue weighted by atomic mass is 9.97. The van der Waals surface area contributed by atoms with Crippen molar-refractivity contribution in [3.8, 4) is 0 Å². The highest BCUT2D eigenvalue weighted by Gasteiger charge is 2.50. The molecule has 1 unspecified atom stereocenters. The molecule has 0 spiro atoms. The Kier molecular flexibility index (Phi) is 3.93. The third kappa shape index (κ3) is 2.92. The zero-order valence-electron chi connectivity index (χ0n) is 12.8. The van der Waals surface area contributed by atoms with Crippen molar-refractivity contribution in [2.24, 2.45) is 0 Å². The molecule has 2 aromatic carbocycles. The maximum Gasteiger partial charge on any atom is 0.416 e. The van der Waals surface area contributed by atoms with E-state index in [1.165, 1.54) is 31.4 Å². The lowest BCUT2D eigenvalue weighted by molar-refractivity contribution is -0.137. The van der Waals surface area contributed by atoms with Gasteiger partial charge in [0.15, 0.2) is 0 Å². The predicted octanol–water partition coefficient (Wildman–Crippen LogP) is 4.75. The van der Waals surface area contributed by atoms with Crippen molar-refractivity contribution in [2.45, 2.75) is 18.1 Å². The van der Waals surface area contributed by atoms with Crippen molar-refractivity contribution in [1.29, 1.82) is 0 Å². The molecule has 8 heteroatoms. The Hall–Kier alpha value is -2.64. The summed E-state index contributed by atoms with van der Waals surface area (Å²) in [5.74, 6) is -4.01. The van der Waals surface area contributed by atoms with Crippen LogP contribution in [0.25, 0.3) is 0 Å². The molecule has 1 aliphatic heterocycles. The molecule has 132 valence electrons. The van der Waals surface area contributed by atoms with Gasteiger partial charge in [-0.15, -0.1) is 0 Å². The molecule has 0 saturated heterocycles. The SMILES string of the molecule is COC(=O)c1ccc(C2Nc3cc(C(F)(F)F)ccc3C2(F)F)cc1. The number of esters is 1. The summed E-state index contributed by atoms with van der Waals surface area (Å²) >= 11 is 0. The van der Waals surface area contributed by atoms with Crippen LogP contribution in [-0.4, -0.2) is 13.1 Å². The molecule has 2 aromatic rings. The Morgan fingerprint density at radius 1 is 1.12 bits per heavy atom. The fourth-order valence-corrected chi connectivity index (χ4v) is 2.75. The van der Waals surface area contributed by atoms with Crippen molar-refractivity contribution in [3.05, 3.63) is 64.7 Å². The van der Waals surface area contributed by atoms with Gasteiger partial charge in [0.2, 0.25) is 0 Å². The number of carbonyl (C=O) groups excluding carboxylic acids is 1. The number of benzene rings is 2. The van der Waals surface area contributed by atoms with Gasteiger partial charge < -0.3 is 10.1 Å². The highest BCUT2D eigenvalue weighted by atomic mass is 19.4. The number of rotatable bonds is 2. The summed E-state index contributed by atoms with van der Waals surface area (Å²) in [4.78, 5) is 11.4. The van der Waals surface area contributed by atoms with Crippen molar-refractivity contribution in [3.63, 3.8) is 0 Å². The third-order valence-corrected chi connectivity index (χ3v) is 4.03. The molecule has 0 fully saturated rings. The van der Waals surface area contributed by atoms with Gasteiger partial charge in [0.1, 0.15) is 6.04 Å². The minimum absolute atomic E-state index is 0.141. The summed E-state index contributed by atoms with van der Waals surface area (Å²) in [5.41, 5.74) is -1.44. The van der Waals surface area contributed by atoms with Gasteiger partial charge in [0.25, 0.3) is 5.92 Å². The van der Waals surface area contributed by atoms with E-state index in [-0.39, 0.29) is 16.8 Å². The number of carbonyl (C=O) groups is 1. The Morgan fingerprint density at radius 2 is 1.76 bits per heavy atom. The van der Waals surface area contributed by atoms with Gasteiger partial charge in [-0.2, -0.15) is 22.0 Å². The summed E-state index contributed by atoms with van der Waals surface area (Å²) in [6, 6.07) is 5.84. The summed E-state index contributed by atoms with van der Waals surface area (Å²) in [5, 5.41) is 2.45. The second kappa shape index (κ2) is 5.72. The summed E-state index contributed by atoms with van der Waals surface area (Å²) in [6.07, 6.45) is -4.62. The van der Waals surface area contributed by atoms with E-state index < -0.39 is 35.2 Å². The van der Waals surface area contributed by atoms with E-state index in [1.54, 1.807) is 0 Å². The minimum atomic E-state index is -4.62. The number of hydrogen-bond donors (Lipinski definition) is 1. The molecular weight excluding hydrogens is 345 g/mol. The second-order valence-electron chi connectivity index (χ2n) is 5.57. The molecule has 0 amide bonds. The average Bonchev–Trinajstić information content (AvgIpc) is 2.84. The molecule has 3 nitrogen and oxygen atoms in total. The normalized spacial score (nSPS) is 18.4. The summed E-state index contributed by atoms with van der Waals surface area (Å²) < 4.78 is 72.0. The first-order valence-electron chi connectivity index (χ1n) is 7.19. The zero-order chi connectivity index (χ0) is 18.4. The van der Waals surface area contributed by atoms with E-state index in [2.05, 4.69) is 10.1 Å².